The van der Waals surface area contributed by atoms with Gasteiger partial charge >= 0.3 is 0 Å². The summed E-state index contributed by atoms with van der Waals surface area (Å²) in [7, 11) is 0. The number of hydrogen-bond acceptors (Lipinski definition) is 3. The molecule has 1 aromatic carbocycles. The van der Waals surface area contributed by atoms with Crippen LogP contribution in [0.4, 0.5) is 5.69 Å². The topological polar surface area (TPSA) is 87.7 Å². The van der Waals surface area contributed by atoms with Crippen molar-refractivity contribution < 1.29 is 10.0 Å². The van der Waals surface area contributed by atoms with E-state index in [0.29, 0.717) is 12.1 Å². The SMILES string of the molecule is CCCC(C(=O)Nc1cccc(I)c1)/C(N)=N/O. The van der Waals surface area contributed by atoms with E-state index in [0.717, 1.165) is 9.99 Å². The number of hydrogen-bond donors (Lipinski definition) is 3. The largest absolute Gasteiger partial charge is 0.409 e. The third-order valence-corrected chi connectivity index (χ3v) is 3.13. The molecule has 0 aliphatic rings. The predicted octanol–water partition coefficient (Wildman–Crippen LogP) is 2.39. The first kappa shape index (κ1) is 14.7. The Balaban J connectivity index is 2.79. The number of rotatable bonds is 5. The lowest BCUT2D eigenvalue weighted by atomic mass is 10.0. The summed E-state index contributed by atoms with van der Waals surface area (Å²) in [5.74, 6) is -0.910. The minimum atomic E-state index is -0.599. The van der Waals surface area contributed by atoms with E-state index in [2.05, 4.69) is 33.1 Å². The Hall–Kier alpha value is -1.31. The van der Waals surface area contributed by atoms with Gasteiger partial charge in [0, 0.05) is 9.26 Å². The van der Waals surface area contributed by atoms with Crippen LogP contribution >= 0.6 is 22.6 Å². The zero-order valence-corrected chi connectivity index (χ0v) is 12.2. The Kier molecular flexibility index (Phi) is 5.90. The van der Waals surface area contributed by atoms with Crippen molar-refractivity contribution in [1.29, 1.82) is 0 Å². The molecule has 0 heterocycles. The molecular weight excluding hydrogens is 345 g/mol. The Morgan fingerprint density at radius 1 is 1.61 bits per heavy atom. The van der Waals surface area contributed by atoms with Gasteiger partial charge in [0.1, 0.15) is 0 Å². The maximum absolute atomic E-state index is 12.0. The smallest absolute Gasteiger partial charge is 0.235 e. The van der Waals surface area contributed by atoms with Crippen LogP contribution in [0, 0.1) is 9.49 Å². The molecule has 1 amide bonds. The van der Waals surface area contributed by atoms with Crippen LogP contribution in [0.1, 0.15) is 19.8 Å². The summed E-state index contributed by atoms with van der Waals surface area (Å²) >= 11 is 2.17. The number of nitrogens with zero attached hydrogens (tertiary/aromatic N) is 1. The van der Waals surface area contributed by atoms with Gasteiger partial charge < -0.3 is 16.3 Å². The molecule has 0 aromatic heterocycles. The number of benzene rings is 1. The van der Waals surface area contributed by atoms with E-state index in [9.17, 15) is 4.79 Å². The quantitative estimate of drug-likeness (QED) is 0.247. The van der Waals surface area contributed by atoms with Gasteiger partial charge in [0.25, 0.3) is 0 Å². The molecule has 0 aliphatic carbocycles. The van der Waals surface area contributed by atoms with Crippen molar-refractivity contribution in [3.05, 3.63) is 27.8 Å². The van der Waals surface area contributed by atoms with Crippen molar-refractivity contribution in [1.82, 2.24) is 0 Å². The molecule has 0 aliphatic heterocycles. The minimum absolute atomic E-state index is 0.0556. The van der Waals surface area contributed by atoms with Gasteiger partial charge in [0.05, 0.1) is 5.92 Å². The third kappa shape index (κ3) is 4.17. The molecule has 18 heavy (non-hydrogen) atoms. The Bertz CT molecular complexity index is 449. The second kappa shape index (κ2) is 7.20. The molecule has 0 saturated heterocycles. The average molecular weight is 361 g/mol. The molecule has 1 aromatic rings. The first-order valence-corrected chi connectivity index (χ1v) is 6.70. The first-order valence-electron chi connectivity index (χ1n) is 5.62. The highest BCUT2D eigenvalue weighted by Crippen LogP contribution is 2.15. The average Bonchev–Trinajstić information content (AvgIpc) is 2.35. The third-order valence-electron chi connectivity index (χ3n) is 2.46. The van der Waals surface area contributed by atoms with Gasteiger partial charge in [0.2, 0.25) is 5.91 Å². The van der Waals surface area contributed by atoms with Crippen LogP contribution in [0.3, 0.4) is 0 Å². The standard InChI is InChI=1S/C12H16IN3O2/c1-2-4-10(11(14)16-18)12(17)15-9-6-3-5-8(13)7-9/h3,5-7,10,18H,2,4H2,1H3,(H2,14,16)(H,15,17). The predicted molar refractivity (Wildman–Crippen MR) is 79.6 cm³/mol. The highest BCUT2D eigenvalue weighted by molar-refractivity contribution is 14.1. The number of carbonyl (C=O) groups excluding carboxylic acids is 1. The van der Waals surface area contributed by atoms with Gasteiger partial charge in [-0.05, 0) is 47.2 Å². The van der Waals surface area contributed by atoms with Crippen LogP contribution in [-0.4, -0.2) is 17.0 Å². The molecule has 0 bridgehead atoms. The molecule has 1 rings (SSSR count). The van der Waals surface area contributed by atoms with E-state index in [1.54, 1.807) is 6.07 Å². The summed E-state index contributed by atoms with van der Waals surface area (Å²) in [6.45, 7) is 1.94. The van der Waals surface area contributed by atoms with Gasteiger partial charge in [-0.2, -0.15) is 0 Å². The van der Waals surface area contributed by atoms with Crippen molar-refractivity contribution >= 4 is 40.0 Å². The van der Waals surface area contributed by atoms with Crippen molar-refractivity contribution in [3.63, 3.8) is 0 Å². The fraction of sp³-hybridized carbons (Fsp3) is 0.333. The van der Waals surface area contributed by atoms with Crippen LogP contribution in [0.2, 0.25) is 0 Å². The van der Waals surface area contributed by atoms with Gasteiger partial charge in [-0.3, -0.25) is 4.79 Å². The summed E-state index contributed by atoms with van der Waals surface area (Å²) in [6.07, 6.45) is 1.33. The van der Waals surface area contributed by atoms with Crippen LogP contribution < -0.4 is 11.1 Å². The molecular formula is C12H16IN3O2. The molecule has 6 heteroatoms. The van der Waals surface area contributed by atoms with E-state index in [4.69, 9.17) is 10.9 Å². The van der Waals surface area contributed by atoms with Gasteiger partial charge in [-0.15, -0.1) is 0 Å². The fourth-order valence-electron chi connectivity index (χ4n) is 1.57. The van der Waals surface area contributed by atoms with Gasteiger partial charge in [0.15, 0.2) is 5.84 Å². The van der Waals surface area contributed by atoms with E-state index in [1.165, 1.54) is 0 Å². The Morgan fingerprint density at radius 2 is 2.33 bits per heavy atom. The molecule has 4 N–H and O–H groups in total. The number of nitrogens with two attached hydrogens (primary N) is 1. The Labute approximate surface area is 120 Å². The molecule has 98 valence electrons. The molecule has 0 spiro atoms. The van der Waals surface area contributed by atoms with Crippen molar-refractivity contribution in [2.45, 2.75) is 19.8 Å². The summed E-state index contributed by atoms with van der Waals surface area (Å²) in [5, 5.41) is 14.4. The minimum Gasteiger partial charge on any atom is -0.409 e. The summed E-state index contributed by atoms with van der Waals surface area (Å²) < 4.78 is 1.03. The highest BCUT2D eigenvalue weighted by Gasteiger charge is 2.22. The maximum Gasteiger partial charge on any atom is 0.235 e. The molecule has 1 unspecified atom stereocenters. The number of halogens is 1. The number of amides is 1. The number of nitrogens with one attached hydrogen (secondary N) is 1. The van der Waals surface area contributed by atoms with Crippen molar-refractivity contribution in [2.24, 2.45) is 16.8 Å². The van der Waals surface area contributed by atoms with E-state index < -0.39 is 5.92 Å². The molecule has 0 saturated carbocycles. The summed E-state index contributed by atoms with van der Waals surface area (Å²) in [6, 6.07) is 7.45. The van der Waals surface area contributed by atoms with Gasteiger partial charge in [-0.25, -0.2) is 0 Å². The van der Waals surface area contributed by atoms with Crippen LogP contribution in [0.25, 0.3) is 0 Å². The lowest BCUT2D eigenvalue weighted by Crippen LogP contribution is -2.34. The lowest BCUT2D eigenvalue weighted by Gasteiger charge is -2.14. The van der Waals surface area contributed by atoms with Crippen molar-refractivity contribution in [2.75, 3.05) is 5.32 Å². The Morgan fingerprint density at radius 3 is 2.89 bits per heavy atom. The van der Waals surface area contributed by atoms with Crippen LogP contribution in [-0.2, 0) is 4.79 Å². The molecule has 5 nitrogen and oxygen atoms in total. The zero-order chi connectivity index (χ0) is 13.5. The molecule has 1 atom stereocenters. The fourth-order valence-corrected chi connectivity index (χ4v) is 2.11. The highest BCUT2D eigenvalue weighted by atomic mass is 127. The molecule has 0 radical (unpaired) electrons. The van der Waals surface area contributed by atoms with Crippen molar-refractivity contribution in [3.8, 4) is 0 Å². The van der Waals surface area contributed by atoms with Crippen LogP contribution in [0.15, 0.2) is 29.4 Å². The number of carbonyl (C=O) groups is 1. The van der Waals surface area contributed by atoms with E-state index in [1.807, 2.05) is 25.1 Å². The van der Waals surface area contributed by atoms with Gasteiger partial charge in [-0.1, -0.05) is 24.6 Å². The van der Waals surface area contributed by atoms with E-state index >= 15 is 0 Å². The second-order valence-electron chi connectivity index (χ2n) is 3.87. The first-order chi connectivity index (χ1) is 8.58. The normalized spacial score (nSPS) is 13.1. The molecule has 0 fully saturated rings. The number of amidine groups is 1. The summed E-state index contributed by atoms with van der Waals surface area (Å²) in [5.41, 5.74) is 6.23. The lowest BCUT2D eigenvalue weighted by molar-refractivity contribution is -0.118. The second-order valence-corrected chi connectivity index (χ2v) is 5.11. The van der Waals surface area contributed by atoms with E-state index in [-0.39, 0.29) is 11.7 Å². The zero-order valence-electron chi connectivity index (χ0n) is 10.1. The number of anilines is 1. The maximum atomic E-state index is 12.0. The summed E-state index contributed by atoms with van der Waals surface area (Å²) in [4.78, 5) is 12.0. The number of oxime groups is 1. The monoisotopic (exact) mass is 361 g/mol. The van der Waals surface area contributed by atoms with Crippen LogP contribution in [0.5, 0.6) is 0 Å².